The molecule has 0 spiro atoms. The van der Waals surface area contributed by atoms with Gasteiger partial charge in [0.1, 0.15) is 0 Å². The fraction of sp³-hybridized carbons (Fsp3) is 1.00. The highest BCUT2D eigenvalue weighted by Crippen LogP contribution is 2.45. The van der Waals surface area contributed by atoms with Crippen LogP contribution >= 0.6 is 0 Å². The molecule has 1 rings (SSSR count). The fourth-order valence-electron chi connectivity index (χ4n) is 3.02. The van der Waals surface area contributed by atoms with Crippen LogP contribution in [0.3, 0.4) is 0 Å². The van der Waals surface area contributed by atoms with Gasteiger partial charge in [-0.1, -0.05) is 34.6 Å². The Balaban J connectivity index is 2.78. The minimum Gasteiger partial charge on any atom is -0.389 e. The second-order valence-corrected chi connectivity index (χ2v) is 7.01. The van der Waals surface area contributed by atoms with Crippen molar-refractivity contribution < 1.29 is 5.11 Å². The average Bonchev–Trinajstić information content (AvgIpc) is 1.99. The van der Waals surface area contributed by atoms with Crippen molar-refractivity contribution in [3.05, 3.63) is 0 Å². The van der Waals surface area contributed by atoms with Crippen molar-refractivity contribution in [1.82, 2.24) is 0 Å². The zero-order valence-corrected chi connectivity index (χ0v) is 11.3. The molecule has 1 saturated carbocycles. The molecule has 15 heavy (non-hydrogen) atoms. The minimum absolute atomic E-state index is 0.0194. The lowest BCUT2D eigenvalue weighted by Crippen LogP contribution is -2.48. The van der Waals surface area contributed by atoms with Crippen LogP contribution in [-0.2, 0) is 0 Å². The molecule has 90 valence electrons. The SMILES string of the molecule is CC1CC(C)CC(C(C)(O)C(C)(C)C)C1. The van der Waals surface area contributed by atoms with E-state index in [0.29, 0.717) is 5.92 Å². The molecule has 0 aromatic heterocycles. The predicted molar refractivity (Wildman–Crippen MR) is 65.7 cm³/mol. The highest BCUT2D eigenvalue weighted by Gasteiger charge is 2.44. The third-order valence-electron chi connectivity index (χ3n) is 4.49. The van der Waals surface area contributed by atoms with Crippen LogP contribution in [0.15, 0.2) is 0 Å². The molecule has 0 aliphatic heterocycles. The molecule has 3 unspecified atom stereocenters. The molecular weight excluding hydrogens is 184 g/mol. The molecule has 1 aliphatic rings. The molecule has 0 radical (unpaired) electrons. The van der Waals surface area contributed by atoms with Crippen molar-refractivity contribution in [3.8, 4) is 0 Å². The van der Waals surface area contributed by atoms with Crippen LogP contribution in [0.1, 0.15) is 60.8 Å². The Hall–Kier alpha value is -0.0400. The van der Waals surface area contributed by atoms with Crippen molar-refractivity contribution in [2.45, 2.75) is 66.4 Å². The summed E-state index contributed by atoms with van der Waals surface area (Å²) in [5.41, 5.74) is -0.551. The summed E-state index contributed by atoms with van der Waals surface area (Å²) in [6, 6.07) is 0. The lowest BCUT2D eigenvalue weighted by Gasteiger charge is -2.47. The van der Waals surface area contributed by atoms with Crippen LogP contribution in [0.5, 0.6) is 0 Å². The summed E-state index contributed by atoms with van der Waals surface area (Å²) in [5.74, 6) is 2.01. The Bertz CT molecular complexity index is 202. The Morgan fingerprint density at radius 1 is 0.867 bits per heavy atom. The number of aliphatic hydroxyl groups is 1. The van der Waals surface area contributed by atoms with Gasteiger partial charge in [-0.3, -0.25) is 0 Å². The van der Waals surface area contributed by atoms with E-state index in [2.05, 4.69) is 34.6 Å². The number of hydrogen-bond donors (Lipinski definition) is 1. The van der Waals surface area contributed by atoms with Crippen molar-refractivity contribution in [2.24, 2.45) is 23.2 Å². The second kappa shape index (κ2) is 4.08. The van der Waals surface area contributed by atoms with Gasteiger partial charge in [0.25, 0.3) is 0 Å². The second-order valence-electron chi connectivity index (χ2n) is 7.01. The standard InChI is InChI=1S/C14H28O/c1-10-7-11(2)9-12(8-10)14(6,15)13(3,4)5/h10-12,15H,7-9H2,1-6H3. The van der Waals surface area contributed by atoms with Crippen LogP contribution < -0.4 is 0 Å². The van der Waals surface area contributed by atoms with Crippen LogP contribution in [0.25, 0.3) is 0 Å². The smallest absolute Gasteiger partial charge is 0.0695 e. The van der Waals surface area contributed by atoms with E-state index in [-0.39, 0.29) is 5.41 Å². The maximum atomic E-state index is 10.7. The van der Waals surface area contributed by atoms with Gasteiger partial charge in [-0.2, -0.15) is 0 Å². The van der Waals surface area contributed by atoms with Crippen molar-refractivity contribution in [1.29, 1.82) is 0 Å². The Labute approximate surface area is 95.3 Å². The van der Waals surface area contributed by atoms with E-state index < -0.39 is 5.60 Å². The van der Waals surface area contributed by atoms with Crippen LogP contribution in [-0.4, -0.2) is 10.7 Å². The molecule has 0 aromatic carbocycles. The number of rotatable bonds is 1. The van der Waals surface area contributed by atoms with Gasteiger partial charge < -0.3 is 5.11 Å². The normalized spacial score (nSPS) is 37.4. The third-order valence-corrected chi connectivity index (χ3v) is 4.49. The Morgan fingerprint density at radius 3 is 1.60 bits per heavy atom. The van der Waals surface area contributed by atoms with E-state index in [1.165, 1.54) is 19.3 Å². The quantitative estimate of drug-likeness (QED) is 0.700. The van der Waals surface area contributed by atoms with Gasteiger partial charge >= 0.3 is 0 Å². The largest absolute Gasteiger partial charge is 0.389 e. The van der Waals surface area contributed by atoms with Crippen LogP contribution in [0.2, 0.25) is 0 Å². The Morgan fingerprint density at radius 2 is 1.27 bits per heavy atom. The molecule has 3 atom stereocenters. The van der Waals surface area contributed by atoms with Crippen molar-refractivity contribution in [3.63, 3.8) is 0 Å². The van der Waals surface area contributed by atoms with E-state index in [1.807, 2.05) is 6.92 Å². The van der Waals surface area contributed by atoms with Gasteiger partial charge in [-0.05, 0) is 49.4 Å². The van der Waals surface area contributed by atoms with Gasteiger partial charge in [0, 0.05) is 0 Å². The molecule has 1 N–H and O–H groups in total. The lowest BCUT2D eigenvalue weighted by molar-refractivity contribution is -0.109. The maximum absolute atomic E-state index is 10.7. The summed E-state index contributed by atoms with van der Waals surface area (Å²) in [6.07, 6.45) is 3.71. The van der Waals surface area contributed by atoms with Crippen LogP contribution in [0, 0.1) is 23.2 Å². The molecule has 0 heterocycles. The van der Waals surface area contributed by atoms with Gasteiger partial charge in [0.05, 0.1) is 5.60 Å². The molecule has 0 saturated heterocycles. The van der Waals surface area contributed by atoms with Gasteiger partial charge in [-0.15, -0.1) is 0 Å². The summed E-state index contributed by atoms with van der Waals surface area (Å²) in [4.78, 5) is 0. The summed E-state index contributed by atoms with van der Waals surface area (Å²) in [6.45, 7) is 13.1. The Kier molecular flexibility index (Phi) is 3.55. The monoisotopic (exact) mass is 212 g/mol. The molecule has 1 nitrogen and oxygen atoms in total. The molecule has 1 aliphatic carbocycles. The van der Waals surface area contributed by atoms with Crippen molar-refractivity contribution >= 4 is 0 Å². The predicted octanol–water partition coefficient (Wildman–Crippen LogP) is 3.86. The van der Waals surface area contributed by atoms with Crippen LogP contribution in [0.4, 0.5) is 0 Å². The molecule has 0 aromatic rings. The molecule has 0 bridgehead atoms. The number of hydrogen-bond acceptors (Lipinski definition) is 1. The van der Waals surface area contributed by atoms with E-state index in [0.717, 1.165) is 11.8 Å². The first kappa shape index (κ1) is 13.0. The first-order chi connectivity index (χ1) is 6.64. The van der Waals surface area contributed by atoms with E-state index in [9.17, 15) is 5.11 Å². The van der Waals surface area contributed by atoms with Gasteiger partial charge in [0.2, 0.25) is 0 Å². The topological polar surface area (TPSA) is 20.2 Å². The van der Waals surface area contributed by atoms with E-state index in [1.54, 1.807) is 0 Å². The summed E-state index contributed by atoms with van der Waals surface area (Å²) in [5, 5.41) is 10.7. The summed E-state index contributed by atoms with van der Waals surface area (Å²) in [7, 11) is 0. The lowest BCUT2D eigenvalue weighted by atomic mass is 9.62. The zero-order chi connectivity index (χ0) is 11.9. The average molecular weight is 212 g/mol. The fourth-order valence-corrected chi connectivity index (χ4v) is 3.02. The third kappa shape index (κ3) is 2.75. The minimum atomic E-state index is -0.532. The zero-order valence-electron chi connectivity index (χ0n) is 11.3. The van der Waals surface area contributed by atoms with Gasteiger partial charge in [-0.25, -0.2) is 0 Å². The van der Waals surface area contributed by atoms with E-state index >= 15 is 0 Å². The molecule has 1 fully saturated rings. The molecular formula is C14H28O. The molecule has 0 amide bonds. The van der Waals surface area contributed by atoms with E-state index in [4.69, 9.17) is 0 Å². The maximum Gasteiger partial charge on any atom is 0.0695 e. The highest BCUT2D eigenvalue weighted by atomic mass is 16.3. The first-order valence-electron chi connectivity index (χ1n) is 6.37. The highest BCUT2D eigenvalue weighted by molar-refractivity contribution is 4.95. The first-order valence-corrected chi connectivity index (χ1v) is 6.37. The summed E-state index contributed by atoms with van der Waals surface area (Å²) >= 11 is 0. The van der Waals surface area contributed by atoms with Gasteiger partial charge in [0.15, 0.2) is 0 Å². The molecule has 1 heteroatoms. The van der Waals surface area contributed by atoms with Crippen molar-refractivity contribution in [2.75, 3.05) is 0 Å². The summed E-state index contributed by atoms with van der Waals surface area (Å²) < 4.78 is 0.